The molecule has 0 bridgehead atoms. The maximum Gasteiger partial charge on any atom is 0.253 e. The first-order valence-corrected chi connectivity index (χ1v) is 13.9. The lowest BCUT2D eigenvalue weighted by Gasteiger charge is -2.40. The third-order valence-corrected chi connectivity index (χ3v) is 8.59. The molecule has 1 aliphatic carbocycles. The number of piperazine rings is 1. The molecule has 198 valence electrons. The summed E-state index contributed by atoms with van der Waals surface area (Å²) in [4.78, 5) is 21.8. The maximum absolute atomic E-state index is 13.7. The first-order chi connectivity index (χ1) is 18.4. The van der Waals surface area contributed by atoms with Crippen molar-refractivity contribution >= 4 is 16.6 Å². The molecule has 6 rings (SSSR count). The number of hydrogen-bond donors (Lipinski definition) is 1. The highest BCUT2D eigenvalue weighted by Crippen LogP contribution is 2.35. The molecular weight excluding hydrogens is 474 g/mol. The predicted octanol–water partition coefficient (Wildman–Crippen LogP) is 4.77. The Morgan fingerprint density at radius 2 is 1.61 bits per heavy atom. The molecule has 8 nitrogen and oxygen atoms in total. The van der Waals surface area contributed by atoms with Gasteiger partial charge >= 0.3 is 0 Å². The predicted molar refractivity (Wildman–Crippen MR) is 151 cm³/mol. The smallest absolute Gasteiger partial charge is 0.253 e. The molecule has 1 saturated heterocycles. The van der Waals surface area contributed by atoms with E-state index >= 15 is 0 Å². The quantitative estimate of drug-likeness (QED) is 0.415. The third-order valence-electron chi connectivity index (χ3n) is 8.59. The zero-order chi connectivity index (χ0) is 26.4. The highest BCUT2D eigenvalue weighted by atomic mass is 16.1. The molecule has 1 atom stereocenters. The van der Waals surface area contributed by atoms with Gasteiger partial charge in [0, 0.05) is 42.8 Å². The average molecular weight is 512 g/mol. The Labute approximate surface area is 223 Å². The summed E-state index contributed by atoms with van der Waals surface area (Å²) >= 11 is 0. The summed E-state index contributed by atoms with van der Waals surface area (Å²) in [6, 6.07) is 12.9. The van der Waals surface area contributed by atoms with Crippen LogP contribution in [0.5, 0.6) is 0 Å². The van der Waals surface area contributed by atoms with Crippen LogP contribution in [-0.2, 0) is 0 Å². The van der Waals surface area contributed by atoms with E-state index in [1.54, 1.807) is 0 Å². The topological polar surface area (TPSA) is 82.9 Å². The number of fused-ring (bicyclic) bond motifs is 1. The number of benzene rings is 2. The van der Waals surface area contributed by atoms with Gasteiger partial charge in [0.25, 0.3) is 5.56 Å². The Balaban J connectivity index is 1.41. The molecule has 2 fully saturated rings. The van der Waals surface area contributed by atoms with Gasteiger partial charge in [0.15, 0.2) is 5.82 Å². The van der Waals surface area contributed by atoms with Crippen LogP contribution in [0.2, 0.25) is 0 Å². The number of pyridine rings is 1. The minimum absolute atomic E-state index is 0.0610. The van der Waals surface area contributed by atoms with Crippen LogP contribution in [-0.4, -0.2) is 56.3 Å². The molecule has 1 N–H and O–H groups in total. The molecule has 0 spiro atoms. The SMILES string of the molecule is Cc1ccc(C)c(N2CCN([C@H](c3cc4c(C)ccc(C)c4[nH]c3=O)c3nnnn3C3CCCC3)CC2)c1. The van der Waals surface area contributed by atoms with Gasteiger partial charge in [0.2, 0.25) is 0 Å². The van der Waals surface area contributed by atoms with Crippen LogP contribution in [0.1, 0.15) is 71.4 Å². The molecule has 0 amide bonds. The first kappa shape index (κ1) is 24.8. The number of tetrazole rings is 1. The molecule has 38 heavy (non-hydrogen) atoms. The van der Waals surface area contributed by atoms with E-state index in [1.807, 2.05) is 11.6 Å². The zero-order valence-corrected chi connectivity index (χ0v) is 22.9. The van der Waals surface area contributed by atoms with Crippen LogP contribution < -0.4 is 10.5 Å². The van der Waals surface area contributed by atoms with Crippen molar-refractivity contribution in [2.45, 2.75) is 65.5 Å². The molecular formula is C30H37N7O. The number of H-pyrrole nitrogens is 1. The van der Waals surface area contributed by atoms with E-state index in [9.17, 15) is 4.79 Å². The summed E-state index contributed by atoms with van der Waals surface area (Å²) in [6.07, 6.45) is 4.55. The van der Waals surface area contributed by atoms with Crippen LogP contribution in [0.15, 0.2) is 41.2 Å². The highest BCUT2D eigenvalue weighted by molar-refractivity contribution is 5.85. The van der Waals surface area contributed by atoms with Crippen molar-refractivity contribution in [3.05, 3.63) is 80.4 Å². The van der Waals surface area contributed by atoms with E-state index < -0.39 is 0 Å². The Morgan fingerprint density at radius 3 is 2.37 bits per heavy atom. The number of nitrogens with one attached hydrogen (secondary N) is 1. The van der Waals surface area contributed by atoms with Crippen molar-refractivity contribution < 1.29 is 0 Å². The number of nitrogens with zero attached hydrogens (tertiary/aromatic N) is 6. The van der Waals surface area contributed by atoms with Gasteiger partial charge in [-0.25, -0.2) is 4.68 Å². The summed E-state index contributed by atoms with van der Waals surface area (Å²) in [7, 11) is 0. The van der Waals surface area contributed by atoms with E-state index in [4.69, 9.17) is 0 Å². The minimum Gasteiger partial charge on any atom is -0.369 e. The first-order valence-electron chi connectivity index (χ1n) is 13.9. The minimum atomic E-state index is -0.306. The third kappa shape index (κ3) is 4.41. The van der Waals surface area contributed by atoms with E-state index in [2.05, 4.69) is 87.5 Å². The Bertz CT molecular complexity index is 1520. The fourth-order valence-corrected chi connectivity index (χ4v) is 6.36. The molecule has 2 aromatic heterocycles. The summed E-state index contributed by atoms with van der Waals surface area (Å²) in [5, 5.41) is 14.2. The molecule has 4 aromatic rings. The molecule has 2 aromatic carbocycles. The van der Waals surface area contributed by atoms with Gasteiger partial charge in [-0.2, -0.15) is 0 Å². The molecule has 0 radical (unpaired) electrons. The van der Waals surface area contributed by atoms with Crippen LogP contribution in [0.3, 0.4) is 0 Å². The average Bonchev–Trinajstić information content (AvgIpc) is 3.62. The lowest BCUT2D eigenvalue weighted by atomic mass is 9.98. The van der Waals surface area contributed by atoms with Crippen LogP contribution in [0, 0.1) is 27.7 Å². The van der Waals surface area contributed by atoms with Crippen molar-refractivity contribution in [2.24, 2.45) is 0 Å². The molecule has 1 aliphatic heterocycles. The monoisotopic (exact) mass is 511 g/mol. The fourth-order valence-electron chi connectivity index (χ4n) is 6.36. The van der Waals surface area contributed by atoms with E-state index in [1.165, 1.54) is 29.7 Å². The standard InChI is InChI=1S/C30H37N7O/c1-19-9-10-21(3)26(17-19)35-13-15-36(16-14-35)28(29-32-33-34-37(29)23-7-5-6-8-23)25-18-24-20(2)11-12-22(4)27(24)31-30(25)38/h9-12,17-18,23,28H,5-8,13-16H2,1-4H3,(H,31,38)/t28-/m1/s1. The van der Waals surface area contributed by atoms with Crippen molar-refractivity contribution in [1.29, 1.82) is 0 Å². The number of aromatic nitrogens is 5. The van der Waals surface area contributed by atoms with Crippen LogP contribution in [0.4, 0.5) is 5.69 Å². The van der Waals surface area contributed by atoms with Crippen LogP contribution >= 0.6 is 0 Å². The number of aromatic amines is 1. The summed E-state index contributed by atoms with van der Waals surface area (Å²) in [5.74, 6) is 0.784. The van der Waals surface area contributed by atoms with Crippen molar-refractivity contribution in [2.75, 3.05) is 31.1 Å². The Hall–Kier alpha value is -3.52. The van der Waals surface area contributed by atoms with Crippen molar-refractivity contribution in [3.63, 3.8) is 0 Å². The van der Waals surface area contributed by atoms with Crippen molar-refractivity contribution in [3.8, 4) is 0 Å². The molecule has 1 saturated carbocycles. The number of anilines is 1. The second-order valence-electron chi connectivity index (χ2n) is 11.2. The van der Waals surface area contributed by atoms with Gasteiger partial charge in [-0.05, 0) is 85.3 Å². The largest absolute Gasteiger partial charge is 0.369 e. The summed E-state index contributed by atoms with van der Waals surface area (Å²) in [5.41, 5.74) is 7.66. The molecule has 0 unspecified atom stereocenters. The zero-order valence-electron chi connectivity index (χ0n) is 22.9. The van der Waals surface area contributed by atoms with Gasteiger partial charge in [0.05, 0.1) is 11.6 Å². The molecule has 2 aliphatic rings. The van der Waals surface area contributed by atoms with Gasteiger partial charge in [-0.3, -0.25) is 9.69 Å². The summed E-state index contributed by atoms with van der Waals surface area (Å²) < 4.78 is 2.02. The molecule has 3 heterocycles. The van der Waals surface area contributed by atoms with Gasteiger partial charge in [-0.15, -0.1) is 5.10 Å². The van der Waals surface area contributed by atoms with E-state index in [0.29, 0.717) is 6.04 Å². The van der Waals surface area contributed by atoms with Gasteiger partial charge < -0.3 is 9.88 Å². The maximum atomic E-state index is 13.7. The van der Waals surface area contributed by atoms with Crippen LogP contribution in [0.25, 0.3) is 10.9 Å². The number of aryl methyl sites for hydroxylation is 4. The number of hydrogen-bond acceptors (Lipinski definition) is 6. The normalized spacial score (nSPS) is 17.9. The second-order valence-corrected chi connectivity index (χ2v) is 11.2. The highest BCUT2D eigenvalue weighted by Gasteiger charge is 2.35. The second kappa shape index (κ2) is 9.98. The fraction of sp³-hybridized carbons (Fsp3) is 0.467. The number of rotatable bonds is 5. The Morgan fingerprint density at radius 1 is 0.895 bits per heavy atom. The Kier molecular flexibility index (Phi) is 6.51. The molecule has 8 heteroatoms. The van der Waals surface area contributed by atoms with Gasteiger partial charge in [-0.1, -0.05) is 37.1 Å². The lowest BCUT2D eigenvalue weighted by Crippen LogP contribution is -2.49. The van der Waals surface area contributed by atoms with Crippen molar-refractivity contribution in [1.82, 2.24) is 30.1 Å². The van der Waals surface area contributed by atoms with E-state index in [-0.39, 0.29) is 11.6 Å². The summed E-state index contributed by atoms with van der Waals surface area (Å²) in [6.45, 7) is 11.9. The van der Waals surface area contributed by atoms with Gasteiger partial charge in [0.1, 0.15) is 6.04 Å². The van der Waals surface area contributed by atoms with E-state index in [0.717, 1.165) is 72.4 Å². The lowest BCUT2D eigenvalue weighted by molar-refractivity contribution is 0.196.